The van der Waals surface area contributed by atoms with E-state index in [4.69, 9.17) is 9.97 Å². The number of nitrogens with zero attached hydrogens (tertiary/aromatic N) is 5. The summed E-state index contributed by atoms with van der Waals surface area (Å²) in [5, 5.41) is 0. The van der Waals surface area contributed by atoms with Crippen LogP contribution in [-0.2, 0) is 12.8 Å². The highest BCUT2D eigenvalue weighted by Crippen LogP contribution is 2.35. The normalized spacial score (nSPS) is 18.1. The molecule has 0 unspecified atom stereocenters. The van der Waals surface area contributed by atoms with E-state index in [0.29, 0.717) is 0 Å². The van der Waals surface area contributed by atoms with Crippen LogP contribution in [0.3, 0.4) is 0 Å². The van der Waals surface area contributed by atoms with Crippen molar-refractivity contribution >= 4 is 23.1 Å². The highest BCUT2D eigenvalue weighted by Gasteiger charge is 2.35. The van der Waals surface area contributed by atoms with E-state index >= 15 is 0 Å². The first-order valence-electron chi connectivity index (χ1n) is 11.5. The van der Waals surface area contributed by atoms with Gasteiger partial charge in [-0.25, -0.2) is 15.0 Å². The highest BCUT2D eigenvalue weighted by molar-refractivity contribution is 7.11. The van der Waals surface area contributed by atoms with E-state index in [0.717, 1.165) is 79.6 Å². The molecule has 4 heterocycles. The smallest absolute Gasteiger partial charge is 0.266 e. The molecule has 5 rings (SSSR count). The molecule has 166 valence electrons. The minimum atomic E-state index is -0.0640. The number of likely N-dealkylation sites (tertiary alicyclic amines) is 1. The SMILES string of the molecule is Cc1ncsc1C(=O)N1CCC[C@@H]1c1nc(C)c2c(n1)N(CCc1ccccc1)CCC2. The molecule has 0 radical (unpaired) electrons. The van der Waals surface area contributed by atoms with Crippen LogP contribution in [0.2, 0.25) is 0 Å². The van der Waals surface area contributed by atoms with Gasteiger partial charge in [-0.1, -0.05) is 30.3 Å². The maximum Gasteiger partial charge on any atom is 0.266 e. The lowest BCUT2D eigenvalue weighted by molar-refractivity contribution is 0.0733. The minimum absolute atomic E-state index is 0.0624. The molecular formula is C25H29N5OS. The van der Waals surface area contributed by atoms with Gasteiger partial charge in [-0.05, 0) is 51.5 Å². The topological polar surface area (TPSA) is 62.2 Å². The number of amides is 1. The summed E-state index contributed by atoms with van der Waals surface area (Å²) in [7, 11) is 0. The quantitative estimate of drug-likeness (QED) is 0.575. The summed E-state index contributed by atoms with van der Waals surface area (Å²) < 4.78 is 0. The summed E-state index contributed by atoms with van der Waals surface area (Å²) in [5.41, 5.74) is 6.22. The van der Waals surface area contributed by atoms with Gasteiger partial charge in [0.1, 0.15) is 10.7 Å². The molecule has 1 saturated heterocycles. The number of carbonyl (C=O) groups excluding carboxylic acids is 1. The third-order valence-electron chi connectivity index (χ3n) is 6.63. The molecule has 0 aliphatic carbocycles. The Labute approximate surface area is 193 Å². The molecule has 1 aromatic carbocycles. The number of rotatable bonds is 5. The fraction of sp³-hybridized carbons (Fsp3) is 0.440. The molecule has 1 atom stereocenters. The second kappa shape index (κ2) is 8.98. The molecule has 32 heavy (non-hydrogen) atoms. The van der Waals surface area contributed by atoms with Gasteiger partial charge in [0.05, 0.1) is 17.2 Å². The van der Waals surface area contributed by atoms with Gasteiger partial charge in [0, 0.05) is 30.9 Å². The predicted molar refractivity (Wildman–Crippen MR) is 127 cm³/mol. The molecular weight excluding hydrogens is 418 g/mol. The molecule has 0 N–H and O–H groups in total. The van der Waals surface area contributed by atoms with Gasteiger partial charge >= 0.3 is 0 Å². The Morgan fingerprint density at radius 1 is 1.09 bits per heavy atom. The number of thiazole rings is 1. The van der Waals surface area contributed by atoms with Crippen molar-refractivity contribution in [1.29, 1.82) is 0 Å². The summed E-state index contributed by atoms with van der Waals surface area (Å²) in [6.45, 7) is 6.71. The lowest BCUT2D eigenvalue weighted by Gasteiger charge is -2.32. The predicted octanol–water partition coefficient (Wildman–Crippen LogP) is 4.52. The second-order valence-electron chi connectivity index (χ2n) is 8.72. The standard InChI is InChI=1S/C25H29N5OS/c1-17-20-10-6-13-29(15-12-19-8-4-3-5-9-19)24(20)28-23(27-17)21-11-7-14-30(21)25(31)22-18(2)26-16-32-22/h3-5,8-9,16,21H,6-7,10-15H2,1-2H3/t21-/m1/s1. The Hall–Kier alpha value is -2.80. The van der Waals surface area contributed by atoms with E-state index in [1.807, 2.05) is 11.8 Å². The summed E-state index contributed by atoms with van der Waals surface area (Å²) in [6.07, 6.45) is 5.04. The van der Waals surface area contributed by atoms with Crippen LogP contribution in [0.4, 0.5) is 5.82 Å². The van der Waals surface area contributed by atoms with Crippen LogP contribution in [0, 0.1) is 13.8 Å². The molecule has 0 spiro atoms. The van der Waals surface area contributed by atoms with Crippen molar-refractivity contribution in [1.82, 2.24) is 19.9 Å². The Morgan fingerprint density at radius 3 is 2.72 bits per heavy atom. The lowest BCUT2D eigenvalue weighted by Crippen LogP contribution is -2.35. The van der Waals surface area contributed by atoms with Crippen LogP contribution in [0.15, 0.2) is 35.8 Å². The monoisotopic (exact) mass is 447 g/mol. The van der Waals surface area contributed by atoms with Crippen molar-refractivity contribution in [3.63, 3.8) is 0 Å². The van der Waals surface area contributed by atoms with E-state index in [1.165, 1.54) is 22.5 Å². The summed E-state index contributed by atoms with van der Waals surface area (Å²) in [6, 6.07) is 10.6. The van der Waals surface area contributed by atoms with Gasteiger partial charge in [-0.3, -0.25) is 4.79 Å². The fourth-order valence-corrected chi connectivity index (χ4v) is 5.66. The average Bonchev–Trinajstić information content (AvgIpc) is 3.47. The van der Waals surface area contributed by atoms with Crippen molar-refractivity contribution in [2.24, 2.45) is 0 Å². The van der Waals surface area contributed by atoms with Crippen LogP contribution >= 0.6 is 11.3 Å². The van der Waals surface area contributed by atoms with E-state index in [9.17, 15) is 4.79 Å². The van der Waals surface area contributed by atoms with Crippen LogP contribution < -0.4 is 4.90 Å². The molecule has 1 amide bonds. The van der Waals surface area contributed by atoms with Crippen molar-refractivity contribution in [3.05, 3.63) is 69.1 Å². The molecule has 2 aliphatic rings. The van der Waals surface area contributed by atoms with E-state index in [1.54, 1.807) is 5.51 Å². The zero-order valence-corrected chi connectivity index (χ0v) is 19.6. The first-order chi connectivity index (χ1) is 15.6. The van der Waals surface area contributed by atoms with Crippen LogP contribution in [0.5, 0.6) is 0 Å². The van der Waals surface area contributed by atoms with Gasteiger partial charge in [-0.2, -0.15) is 0 Å². The van der Waals surface area contributed by atoms with E-state index in [2.05, 4.69) is 47.1 Å². The lowest BCUT2D eigenvalue weighted by atomic mass is 10.0. The summed E-state index contributed by atoms with van der Waals surface area (Å²) >= 11 is 1.42. The van der Waals surface area contributed by atoms with Gasteiger partial charge in [0.25, 0.3) is 5.91 Å². The third-order valence-corrected chi connectivity index (χ3v) is 7.54. The Kier molecular flexibility index (Phi) is 5.91. The number of fused-ring (bicyclic) bond motifs is 1. The first kappa shape index (κ1) is 21.1. The van der Waals surface area contributed by atoms with Crippen molar-refractivity contribution < 1.29 is 4.79 Å². The van der Waals surface area contributed by atoms with E-state index < -0.39 is 0 Å². The number of carbonyl (C=O) groups is 1. The Morgan fingerprint density at radius 2 is 1.94 bits per heavy atom. The van der Waals surface area contributed by atoms with Crippen LogP contribution in [0.1, 0.15) is 63.3 Å². The maximum atomic E-state index is 13.2. The molecule has 2 aliphatic heterocycles. The molecule has 1 fully saturated rings. The largest absolute Gasteiger partial charge is 0.356 e. The van der Waals surface area contributed by atoms with Crippen molar-refractivity contribution in [2.45, 2.75) is 52.0 Å². The summed E-state index contributed by atoms with van der Waals surface area (Å²) in [5.74, 6) is 1.93. The number of anilines is 1. The van der Waals surface area contributed by atoms with Gasteiger partial charge in [0.15, 0.2) is 5.82 Å². The van der Waals surface area contributed by atoms with Crippen LogP contribution in [0.25, 0.3) is 0 Å². The zero-order valence-electron chi connectivity index (χ0n) is 18.8. The third kappa shape index (κ3) is 4.01. The Balaban J connectivity index is 1.42. The highest BCUT2D eigenvalue weighted by atomic mass is 32.1. The number of aryl methyl sites for hydroxylation is 2. The molecule has 0 saturated carbocycles. The second-order valence-corrected chi connectivity index (χ2v) is 9.57. The van der Waals surface area contributed by atoms with E-state index in [-0.39, 0.29) is 11.9 Å². The number of hydrogen-bond donors (Lipinski definition) is 0. The molecule has 2 aromatic heterocycles. The first-order valence-corrected chi connectivity index (χ1v) is 12.4. The van der Waals surface area contributed by atoms with Gasteiger partial charge in [0.2, 0.25) is 0 Å². The molecule has 3 aromatic rings. The fourth-order valence-electron chi connectivity index (χ4n) is 4.90. The minimum Gasteiger partial charge on any atom is -0.356 e. The zero-order chi connectivity index (χ0) is 22.1. The van der Waals surface area contributed by atoms with Crippen molar-refractivity contribution in [2.75, 3.05) is 24.5 Å². The number of hydrogen-bond acceptors (Lipinski definition) is 6. The number of aromatic nitrogens is 3. The average molecular weight is 448 g/mol. The molecule has 6 nitrogen and oxygen atoms in total. The van der Waals surface area contributed by atoms with Crippen molar-refractivity contribution in [3.8, 4) is 0 Å². The molecule has 0 bridgehead atoms. The summed E-state index contributed by atoms with van der Waals surface area (Å²) in [4.78, 5) is 32.6. The maximum absolute atomic E-state index is 13.2. The van der Waals surface area contributed by atoms with Gasteiger partial charge in [-0.15, -0.1) is 11.3 Å². The Bertz CT molecular complexity index is 1110. The molecule has 7 heteroatoms. The number of benzene rings is 1. The van der Waals surface area contributed by atoms with Gasteiger partial charge < -0.3 is 9.80 Å². The van der Waals surface area contributed by atoms with Crippen LogP contribution in [-0.4, -0.2) is 45.4 Å².